The van der Waals surface area contributed by atoms with Gasteiger partial charge in [0.05, 0.1) is 5.02 Å². The summed E-state index contributed by atoms with van der Waals surface area (Å²) in [5.74, 6) is -0.685. The molecular formula is C23H25Cl2N3O4. The quantitative estimate of drug-likeness (QED) is 0.523. The molecule has 2 aromatic carbocycles. The van der Waals surface area contributed by atoms with Gasteiger partial charge in [-0.05, 0) is 62.2 Å². The molecule has 0 heterocycles. The van der Waals surface area contributed by atoms with Crippen LogP contribution in [0.1, 0.15) is 49.4 Å². The molecule has 9 heteroatoms. The predicted octanol–water partition coefficient (Wildman–Crippen LogP) is 4.74. The smallest absolute Gasteiger partial charge is 0.279 e. The maximum atomic E-state index is 12.3. The lowest BCUT2D eigenvalue weighted by atomic mass is 9.88. The van der Waals surface area contributed by atoms with E-state index in [0.29, 0.717) is 22.0 Å². The van der Waals surface area contributed by atoms with Crippen LogP contribution in [0.5, 0.6) is 5.75 Å². The van der Waals surface area contributed by atoms with Gasteiger partial charge in [0.25, 0.3) is 11.8 Å². The van der Waals surface area contributed by atoms with Crippen LogP contribution >= 0.6 is 23.2 Å². The number of carbonyl (C=O) groups is 3. The number of rotatable bonds is 6. The van der Waals surface area contributed by atoms with Crippen LogP contribution < -0.4 is 20.9 Å². The molecule has 170 valence electrons. The first-order valence-electron chi connectivity index (χ1n) is 10.5. The molecule has 3 N–H and O–H groups in total. The first-order chi connectivity index (χ1) is 15.3. The average molecular weight is 478 g/mol. The zero-order valence-electron chi connectivity index (χ0n) is 17.6. The molecule has 0 saturated heterocycles. The topological polar surface area (TPSA) is 96.5 Å². The molecule has 7 nitrogen and oxygen atoms in total. The maximum Gasteiger partial charge on any atom is 0.279 e. The molecule has 0 bridgehead atoms. The number of halogens is 2. The zero-order valence-corrected chi connectivity index (χ0v) is 19.1. The Bertz CT molecular complexity index is 976. The summed E-state index contributed by atoms with van der Waals surface area (Å²) in [6, 6.07) is 11.1. The van der Waals surface area contributed by atoms with Crippen LogP contribution in [0.3, 0.4) is 0 Å². The summed E-state index contributed by atoms with van der Waals surface area (Å²) in [6.07, 6.45) is 4.27. The van der Waals surface area contributed by atoms with E-state index in [9.17, 15) is 14.4 Å². The number of anilines is 1. The second-order valence-corrected chi connectivity index (χ2v) is 8.52. The van der Waals surface area contributed by atoms with Crippen molar-refractivity contribution in [1.82, 2.24) is 10.9 Å². The summed E-state index contributed by atoms with van der Waals surface area (Å²) in [5.41, 5.74) is 5.62. The van der Waals surface area contributed by atoms with E-state index in [1.165, 1.54) is 19.4 Å². The number of amides is 3. The highest BCUT2D eigenvalue weighted by Crippen LogP contribution is 2.28. The summed E-state index contributed by atoms with van der Waals surface area (Å²) in [4.78, 5) is 36.9. The van der Waals surface area contributed by atoms with Crippen LogP contribution in [0.4, 0.5) is 5.69 Å². The molecule has 1 fully saturated rings. The largest absolute Gasteiger partial charge is 0.479 e. The molecule has 0 aliphatic heterocycles. The summed E-state index contributed by atoms with van der Waals surface area (Å²) < 4.78 is 5.51. The zero-order chi connectivity index (χ0) is 23.1. The van der Waals surface area contributed by atoms with Crippen LogP contribution in [0.25, 0.3) is 0 Å². The van der Waals surface area contributed by atoms with Gasteiger partial charge in [0.1, 0.15) is 5.75 Å². The first kappa shape index (κ1) is 23.9. The molecular weight excluding hydrogens is 453 g/mol. The molecule has 32 heavy (non-hydrogen) atoms. The number of carbonyl (C=O) groups excluding carboxylic acids is 3. The van der Waals surface area contributed by atoms with Gasteiger partial charge in [-0.15, -0.1) is 0 Å². The summed E-state index contributed by atoms with van der Waals surface area (Å²) in [7, 11) is 0. The van der Waals surface area contributed by atoms with Gasteiger partial charge in [-0.2, -0.15) is 0 Å². The average Bonchev–Trinajstić information content (AvgIpc) is 2.80. The number of ether oxygens (including phenoxy) is 1. The van der Waals surface area contributed by atoms with E-state index in [-0.39, 0.29) is 16.8 Å². The number of hydrogen-bond acceptors (Lipinski definition) is 4. The van der Waals surface area contributed by atoms with Crippen molar-refractivity contribution in [2.45, 2.75) is 45.1 Å². The molecule has 1 aliphatic rings. The monoisotopic (exact) mass is 477 g/mol. The molecule has 2 aromatic rings. The van der Waals surface area contributed by atoms with Gasteiger partial charge in [0.2, 0.25) is 5.91 Å². The normalized spacial score (nSPS) is 14.8. The Balaban J connectivity index is 1.47. The van der Waals surface area contributed by atoms with Crippen LogP contribution in [0.15, 0.2) is 42.5 Å². The fourth-order valence-electron chi connectivity index (χ4n) is 3.42. The Labute approximate surface area is 196 Å². The van der Waals surface area contributed by atoms with Crippen molar-refractivity contribution in [3.05, 3.63) is 58.1 Å². The Morgan fingerprint density at radius 2 is 1.66 bits per heavy atom. The van der Waals surface area contributed by atoms with Gasteiger partial charge >= 0.3 is 0 Å². The Morgan fingerprint density at radius 1 is 0.969 bits per heavy atom. The lowest BCUT2D eigenvalue weighted by Crippen LogP contribution is -2.47. The third-order valence-electron chi connectivity index (χ3n) is 5.26. The minimum atomic E-state index is -0.911. The molecule has 0 aromatic heterocycles. The summed E-state index contributed by atoms with van der Waals surface area (Å²) >= 11 is 11.9. The number of hydrazine groups is 1. The van der Waals surface area contributed by atoms with Gasteiger partial charge in [-0.1, -0.05) is 42.5 Å². The third-order valence-corrected chi connectivity index (χ3v) is 5.79. The van der Waals surface area contributed by atoms with Crippen molar-refractivity contribution in [2.24, 2.45) is 5.92 Å². The summed E-state index contributed by atoms with van der Waals surface area (Å²) in [5, 5.41) is 3.62. The van der Waals surface area contributed by atoms with Gasteiger partial charge in [0, 0.05) is 22.2 Å². The van der Waals surface area contributed by atoms with Gasteiger partial charge in [-0.3, -0.25) is 25.2 Å². The van der Waals surface area contributed by atoms with E-state index in [4.69, 9.17) is 27.9 Å². The second kappa shape index (κ2) is 11.2. The molecule has 3 amide bonds. The molecule has 1 unspecified atom stereocenters. The van der Waals surface area contributed by atoms with E-state index in [0.717, 1.165) is 25.7 Å². The van der Waals surface area contributed by atoms with Gasteiger partial charge in [-0.25, -0.2) is 0 Å². The van der Waals surface area contributed by atoms with E-state index in [1.54, 1.807) is 36.4 Å². The molecule has 0 spiro atoms. The Morgan fingerprint density at radius 3 is 2.31 bits per heavy atom. The Kier molecular flexibility index (Phi) is 8.36. The van der Waals surface area contributed by atoms with Crippen molar-refractivity contribution < 1.29 is 19.1 Å². The number of benzene rings is 2. The second-order valence-electron chi connectivity index (χ2n) is 7.68. The van der Waals surface area contributed by atoms with Crippen molar-refractivity contribution in [2.75, 3.05) is 5.32 Å². The van der Waals surface area contributed by atoms with E-state index >= 15 is 0 Å². The molecule has 1 atom stereocenters. The minimum absolute atomic E-state index is 0.0175. The first-order valence-corrected chi connectivity index (χ1v) is 11.2. The van der Waals surface area contributed by atoms with Crippen LogP contribution in [-0.4, -0.2) is 23.8 Å². The van der Waals surface area contributed by atoms with Crippen LogP contribution in [0, 0.1) is 5.92 Å². The third kappa shape index (κ3) is 6.61. The van der Waals surface area contributed by atoms with Crippen molar-refractivity contribution in [3.8, 4) is 5.75 Å². The van der Waals surface area contributed by atoms with Crippen molar-refractivity contribution in [1.29, 1.82) is 0 Å². The highest BCUT2D eigenvalue weighted by molar-refractivity contribution is 6.35. The molecule has 1 saturated carbocycles. The van der Waals surface area contributed by atoms with Crippen molar-refractivity contribution >= 4 is 46.6 Å². The fourth-order valence-corrected chi connectivity index (χ4v) is 3.87. The SMILES string of the molecule is CC(Oc1ccc(Cl)cc1Cl)C(=O)NNC(=O)c1ccc(NC(=O)C2CCCCC2)cc1. The van der Waals surface area contributed by atoms with Crippen LogP contribution in [-0.2, 0) is 9.59 Å². The molecule has 3 rings (SSSR count). The number of hydrogen-bond donors (Lipinski definition) is 3. The van der Waals surface area contributed by atoms with Crippen molar-refractivity contribution in [3.63, 3.8) is 0 Å². The summed E-state index contributed by atoms with van der Waals surface area (Å²) in [6.45, 7) is 1.52. The lowest BCUT2D eigenvalue weighted by Gasteiger charge is -2.20. The van der Waals surface area contributed by atoms with Crippen LogP contribution in [0.2, 0.25) is 10.0 Å². The molecule has 1 aliphatic carbocycles. The Hall–Kier alpha value is -2.77. The van der Waals surface area contributed by atoms with Gasteiger partial charge in [0.15, 0.2) is 6.10 Å². The number of nitrogens with one attached hydrogen (secondary N) is 3. The maximum absolute atomic E-state index is 12.3. The van der Waals surface area contributed by atoms with Gasteiger partial charge < -0.3 is 10.1 Å². The predicted molar refractivity (Wildman–Crippen MR) is 124 cm³/mol. The fraction of sp³-hybridized carbons (Fsp3) is 0.348. The van der Waals surface area contributed by atoms with E-state index in [2.05, 4.69) is 16.2 Å². The standard InChI is InChI=1S/C23H25Cl2N3O4/c1-14(32-20-12-9-17(24)13-19(20)25)21(29)27-28-23(31)16-7-10-18(11-8-16)26-22(30)15-5-3-2-4-6-15/h7-15H,2-6H2,1H3,(H,26,30)(H,27,29)(H,28,31). The van der Waals surface area contributed by atoms with E-state index < -0.39 is 17.9 Å². The highest BCUT2D eigenvalue weighted by atomic mass is 35.5. The van der Waals surface area contributed by atoms with E-state index in [1.807, 2.05) is 0 Å². The lowest BCUT2D eigenvalue weighted by molar-refractivity contribution is -0.128. The highest BCUT2D eigenvalue weighted by Gasteiger charge is 2.21. The minimum Gasteiger partial charge on any atom is -0.479 e. The molecule has 0 radical (unpaired) electrons.